The van der Waals surface area contributed by atoms with Crippen LogP contribution in [0.15, 0.2) is 11.1 Å². The molecule has 0 spiro atoms. The highest BCUT2D eigenvalue weighted by molar-refractivity contribution is 6.05. The number of hydrogen-bond acceptors (Lipinski definition) is 3. The molecule has 3 rings (SSSR count). The van der Waals surface area contributed by atoms with E-state index in [1.807, 2.05) is 0 Å². The number of carbonyl (C=O) groups is 1. The lowest BCUT2D eigenvalue weighted by Crippen LogP contribution is -2.41. The van der Waals surface area contributed by atoms with Crippen molar-refractivity contribution in [1.82, 2.24) is 0 Å². The molecule has 0 saturated heterocycles. The summed E-state index contributed by atoms with van der Waals surface area (Å²) in [5, 5.41) is 20.5. The number of fused-ring (bicyclic) bond motifs is 2. The molecule has 0 amide bonds. The third-order valence-corrected chi connectivity index (χ3v) is 5.38. The summed E-state index contributed by atoms with van der Waals surface area (Å²) >= 11 is 0. The third-order valence-electron chi connectivity index (χ3n) is 5.38. The molecule has 18 heavy (non-hydrogen) atoms. The molecule has 2 N–H and O–H groups in total. The molecule has 0 unspecified atom stereocenters. The van der Waals surface area contributed by atoms with Crippen LogP contribution in [0, 0.1) is 16.7 Å². The minimum atomic E-state index is -1.37. The number of aliphatic hydroxyl groups excluding tert-OH is 1. The standard InChI is InChI=1S/C15H22O3/c1-13(2)5-8-6-14(8,3)10-9(7-13)15(4,18)12(17)11(10)16/h8,12,17-18H,5-7H2,1-4H3/t8-,12-,14+,15-/m0/s1. The normalized spacial score (nSPS) is 49.8. The molecule has 4 atom stereocenters. The molecule has 3 aliphatic rings. The Morgan fingerprint density at radius 3 is 2.39 bits per heavy atom. The Kier molecular flexibility index (Phi) is 2.11. The number of rotatable bonds is 0. The Balaban J connectivity index is 2.17. The summed E-state index contributed by atoms with van der Waals surface area (Å²) in [6.45, 7) is 8.07. The maximum absolute atomic E-state index is 12.3. The van der Waals surface area contributed by atoms with Crippen LogP contribution in [0.25, 0.3) is 0 Å². The van der Waals surface area contributed by atoms with Crippen LogP contribution in [0.1, 0.15) is 47.0 Å². The van der Waals surface area contributed by atoms with Crippen LogP contribution in [0.4, 0.5) is 0 Å². The van der Waals surface area contributed by atoms with Crippen LogP contribution >= 0.6 is 0 Å². The van der Waals surface area contributed by atoms with Gasteiger partial charge in [-0.3, -0.25) is 4.79 Å². The largest absolute Gasteiger partial charge is 0.383 e. The summed E-state index contributed by atoms with van der Waals surface area (Å²) in [5.74, 6) is 0.294. The zero-order valence-corrected chi connectivity index (χ0v) is 11.6. The van der Waals surface area contributed by atoms with Gasteiger partial charge in [-0.15, -0.1) is 0 Å². The number of ketones is 1. The molecule has 0 heterocycles. The second-order valence-electron chi connectivity index (χ2n) is 7.63. The van der Waals surface area contributed by atoms with Crippen molar-refractivity contribution in [3.8, 4) is 0 Å². The Hall–Kier alpha value is -0.670. The second-order valence-corrected chi connectivity index (χ2v) is 7.63. The van der Waals surface area contributed by atoms with Gasteiger partial charge in [-0.05, 0) is 48.5 Å². The molecule has 3 aliphatic carbocycles. The molecule has 0 bridgehead atoms. The van der Waals surface area contributed by atoms with E-state index in [9.17, 15) is 15.0 Å². The van der Waals surface area contributed by atoms with E-state index in [2.05, 4.69) is 20.8 Å². The average molecular weight is 250 g/mol. The van der Waals surface area contributed by atoms with E-state index in [0.717, 1.165) is 24.0 Å². The van der Waals surface area contributed by atoms with Gasteiger partial charge < -0.3 is 10.2 Å². The van der Waals surface area contributed by atoms with Crippen molar-refractivity contribution in [3.05, 3.63) is 11.1 Å². The molecule has 0 aromatic heterocycles. The monoisotopic (exact) mass is 250 g/mol. The summed E-state index contributed by atoms with van der Waals surface area (Å²) in [7, 11) is 0. The molecule has 1 fully saturated rings. The fraction of sp³-hybridized carbons (Fsp3) is 0.800. The quantitative estimate of drug-likeness (QED) is 0.689. The van der Waals surface area contributed by atoms with Crippen LogP contribution in [0.2, 0.25) is 0 Å². The van der Waals surface area contributed by atoms with Crippen LogP contribution in [-0.4, -0.2) is 27.7 Å². The summed E-state index contributed by atoms with van der Waals surface area (Å²) < 4.78 is 0. The van der Waals surface area contributed by atoms with Gasteiger partial charge in [0.1, 0.15) is 11.7 Å². The van der Waals surface area contributed by atoms with E-state index in [-0.39, 0.29) is 16.6 Å². The van der Waals surface area contributed by atoms with Crippen molar-refractivity contribution in [3.63, 3.8) is 0 Å². The predicted molar refractivity (Wildman–Crippen MR) is 67.9 cm³/mol. The number of aliphatic hydroxyl groups is 2. The summed E-state index contributed by atoms with van der Waals surface area (Å²) in [5.41, 5.74) is 0.169. The van der Waals surface area contributed by atoms with Gasteiger partial charge in [0, 0.05) is 5.57 Å². The molecule has 0 aliphatic heterocycles. The molecule has 3 heteroatoms. The van der Waals surface area contributed by atoms with E-state index >= 15 is 0 Å². The first kappa shape index (κ1) is 12.4. The summed E-state index contributed by atoms with van der Waals surface area (Å²) in [6, 6.07) is 0. The molecule has 0 aromatic rings. The number of hydrogen-bond donors (Lipinski definition) is 2. The van der Waals surface area contributed by atoms with Crippen LogP contribution in [0.5, 0.6) is 0 Å². The zero-order chi connectivity index (χ0) is 13.5. The highest BCUT2D eigenvalue weighted by atomic mass is 16.3. The highest BCUT2D eigenvalue weighted by Gasteiger charge is 2.64. The van der Waals surface area contributed by atoms with Gasteiger partial charge in [-0.2, -0.15) is 0 Å². The number of Topliss-reactive ketones (excluding diaryl/α,β-unsaturated/α-hetero) is 1. The van der Waals surface area contributed by atoms with E-state index in [4.69, 9.17) is 0 Å². The van der Waals surface area contributed by atoms with Gasteiger partial charge in [0.05, 0.1) is 0 Å². The van der Waals surface area contributed by atoms with Crippen molar-refractivity contribution in [2.75, 3.05) is 0 Å². The Bertz CT molecular complexity index is 472. The second kappa shape index (κ2) is 3.07. The Morgan fingerprint density at radius 2 is 1.78 bits per heavy atom. The van der Waals surface area contributed by atoms with Crippen LogP contribution in [0.3, 0.4) is 0 Å². The van der Waals surface area contributed by atoms with Gasteiger partial charge >= 0.3 is 0 Å². The smallest absolute Gasteiger partial charge is 0.191 e. The Morgan fingerprint density at radius 1 is 1.17 bits per heavy atom. The Labute approximate surface area is 108 Å². The van der Waals surface area contributed by atoms with E-state index in [1.165, 1.54) is 0 Å². The van der Waals surface area contributed by atoms with Crippen molar-refractivity contribution in [2.45, 2.75) is 58.7 Å². The predicted octanol–water partition coefficient (Wildman–Crippen LogP) is 1.82. The van der Waals surface area contributed by atoms with Crippen molar-refractivity contribution in [2.24, 2.45) is 16.7 Å². The topological polar surface area (TPSA) is 57.5 Å². The highest BCUT2D eigenvalue weighted by Crippen LogP contribution is 2.67. The lowest BCUT2D eigenvalue weighted by Gasteiger charge is -2.31. The van der Waals surface area contributed by atoms with Crippen molar-refractivity contribution in [1.29, 1.82) is 0 Å². The van der Waals surface area contributed by atoms with Crippen molar-refractivity contribution >= 4 is 5.78 Å². The minimum absolute atomic E-state index is 0.0911. The fourth-order valence-corrected chi connectivity index (χ4v) is 4.13. The lowest BCUT2D eigenvalue weighted by molar-refractivity contribution is -0.130. The zero-order valence-electron chi connectivity index (χ0n) is 11.6. The van der Waals surface area contributed by atoms with E-state index in [1.54, 1.807) is 6.92 Å². The number of carbonyl (C=O) groups excluding carboxylic acids is 1. The first-order valence-electron chi connectivity index (χ1n) is 6.78. The molecule has 100 valence electrons. The molecule has 3 nitrogen and oxygen atoms in total. The van der Waals surface area contributed by atoms with E-state index < -0.39 is 11.7 Å². The van der Waals surface area contributed by atoms with E-state index in [0.29, 0.717) is 12.3 Å². The average Bonchev–Trinajstić information content (AvgIpc) is 2.81. The minimum Gasteiger partial charge on any atom is -0.383 e. The lowest BCUT2D eigenvalue weighted by atomic mass is 9.78. The first-order chi connectivity index (χ1) is 8.09. The maximum Gasteiger partial charge on any atom is 0.191 e. The van der Waals surface area contributed by atoms with Crippen LogP contribution < -0.4 is 0 Å². The molecular formula is C15H22O3. The SMILES string of the molecule is CC1(C)CC2=C(C(=O)[C@H](O)[C@@]2(C)O)[C@]2(C)C[C@@H]2C1. The first-order valence-corrected chi connectivity index (χ1v) is 6.78. The van der Waals surface area contributed by atoms with Gasteiger partial charge in [0.15, 0.2) is 5.78 Å². The molecular weight excluding hydrogens is 228 g/mol. The molecule has 1 saturated carbocycles. The molecule has 0 radical (unpaired) electrons. The third kappa shape index (κ3) is 1.35. The van der Waals surface area contributed by atoms with Gasteiger partial charge in [0.25, 0.3) is 0 Å². The van der Waals surface area contributed by atoms with Crippen LogP contribution in [-0.2, 0) is 4.79 Å². The fourth-order valence-electron chi connectivity index (χ4n) is 4.13. The summed E-state index contributed by atoms with van der Waals surface area (Å²) in [6.07, 6.45) is 1.55. The molecule has 0 aromatic carbocycles. The van der Waals surface area contributed by atoms with Crippen molar-refractivity contribution < 1.29 is 15.0 Å². The maximum atomic E-state index is 12.3. The summed E-state index contributed by atoms with van der Waals surface area (Å²) in [4.78, 5) is 12.3. The van der Waals surface area contributed by atoms with Gasteiger partial charge in [-0.25, -0.2) is 0 Å². The van der Waals surface area contributed by atoms with Gasteiger partial charge in [0.2, 0.25) is 0 Å². The van der Waals surface area contributed by atoms with Gasteiger partial charge in [-0.1, -0.05) is 20.8 Å².